The summed E-state index contributed by atoms with van der Waals surface area (Å²) in [6.07, 6.45) is 4.98. The number of H-pyrrole nitrogens is 1. The van der Waals surface area contributed by atoms with Crippen molar-refractivity contribution < 1.29 is 9.21 Å². The number of hydrogen-bond acceptors (Lipinski definition) is 5. The molecule has 0 saturated heterocycles. The van der Waals surface area contributed by atoms with Crippen LogP contribution in [-0.4, -0.2) is 31.1 Å². The van der Waals surface area contributed by atoms with E-state index in [1.54, 1.807) is 24.5 Å². The van der Waals surface area contributed by atoms with E-state index in [9.17, 15) is 4.79 Å². The number of aromatic amines is 1. The largest absolute Gasteiger partial charge is 0.465 e. The van der Waals surface area contributed by atoms with Gasteiger partial charge in [-0.3, -0.25) is 4.79 Å². The molecule has 3 heterocycles. The van der Waals surface area contributed by atoms with Crippen molar-refractivity contribution in [3.8, 4) is 11.4 Å². The molecule has 0 fully saturated rings. The van der Waals surface area contributed by atoms with Crippen LogP contribution in [0.5, 0.6) is 0 Å². The maximum Gasteiger partial charge on any atom is 0.274 e. The van der Waals surface area contributed by atoms with Gasteiger partial charge in [-0.15, -0.1) is 5.10 Å². The van der Waals surface area contributed by atoms with Crippen LogP contribution >= 0.6 is 0 Å². The number of amides is 1. The molecule has 8 heteroatoms. The number of carbonyl (C=O) groups is 1. The van der Waals surface area contributed by atoms with Crippen LogP contribution in [0.1, 0.15) is 5.76 Å². The lowest BCUT2D eigenvalue weighted by Crippen LogP contribution is -2.19. The van der Waals surface area contributed by atoms with Gasteiger partial charge in [-0.25, -0.2) is 0 Å². The van der Waals surface area contributed by atoms with Crippen LogP contribution in [0.15, 0.2) is 83.6 Å². The second kappa shape index (κ2) is 7.51. The third-order valence-corrected chi connectivity index (χ3v) is 4.63. The first-order valence-electron chi connectivity index (χ1n) is 9.26. The maximum absolute atomic E-state index is 13.3. The van der Waals surface area contributed by atoms with Crippen LogP contribution in [-0.2, 0) is 4.79 Å². The van der Waals surface area contributed by atoms with Crippen LogP contribution in [0.4, 0.5) is 5.69 Å². The number of nitrogens with one attached hydrogen (secondary N) is 2. The van der Waals surface area contributed by atoms with Crippen LogP contribution < -0.4 is 5.32 Å². The molecule has 2 N–H and O–H groups in total. The molecule has 8 nitrogen and oxygen atoms in total. The van der Waals surface area contributed by atoms with Gasteiger partial charge in [-0.05, 0) is 40.8 Å². The van der Waals surface area contributed by atoms with Gasteiger partial charge in [-0.1, -0.05) is 36.4 Å². The fourth-order valence-corrected chi connectivity index (χ4v) is 3.23. The first kappa shape index (κ1) is 17.6. The number of rotatable bonds is 5. The van der Waals surface area contributed by atoms with Gasteiger partial charge >= 0.3 is 0 Å². The van der Waals surface area contributed by atoms with Crippen LogP contribution in [0.2, 0.25) is 0 Å². The molecule has 2 aromatic carbocycles. The molecule has 0 aliphatic rings. The summed E-state index contributed by atoms with van der Waals surface area (Å²) in [7, 11) is 0. The van der Waals surface area contributed by atoms with E-state index < -0.39 is 0 Å². The number of nitrogens with zero attached hydrogens (tertiary/aromatic N) is 4. The van der Waals surface area contributed by atoms with Gasteiger partial charge < -0.3 is 14.7 Å². The minimum absolute atomic E-state index is 0.223. The summed E-state index contributed by atoms with van der Waals surface area (Å²) in [5.41, 5.74) is 2.62. The third-order valence-electron chi connectivity index (χ3n) is 4.63. The van der Waals surface area contributed by atoms with Gasteiger partial charge in [0.05, 0.1) is 12.0 Å². The van der Waals surface area contributed by atoms with Gasteiger partial charge in [0.2, 0.25) is 0 Å². The Balaban J connectivity index is 1.58. The second-order valence-corrected chi connectivity index (χ2v) is 6.52. The van der Waals surface area contributed by atoms with E-state index in [0.29, 0.717) is 17.3 Å². The van der Waals surface area contributed by atoms with Crippen molar-refractivity contribution in [3.05, 3.63) is 85.0 Å². The van der Waals surface area contributed by atoms with Crippen molar-refractivity contribution in [2.75, 3.05) is 5.32 Å². The Morgan fingerprint density at radius 3 is 2.77 bits per heavy atom. The Kier molecular flexibility index (Phi) is 4.41. The molecule has 0 bridgehead atoms. The number of benzene rings is 2. The predicted molar refractivity (Wildman–Crippen MR) is 113 cm³/mol. The molecule has 3 aromatic heterocycles. The van der Waals surface area contributed by atoms with Gasteiger partial charge in [-0.2, -0.15) is 4.68 Å². The van der Waals surface area contributed by atoms with Crippen molar-refractivity contribution in [2.24, 2.45) is 0 Å². The second-order valence-electron chi connectivity index (χ2n) is 6.52. The number of carbonyl (C=O) groups excluding carboxylic acids is 1. The number of anilines is 1. The highest BCUT2D eigenvalue weighted by Gasteiger charge is 2.20. The molecule has 5 aromatic rings. The van der Waals surface area contributed by atoms with Crippen molar-refractivity contribution in [2.45, 2.75) is 0 Å². The fourth-order valence-electron chi connectivity index (χ4n) is 3.23. The lowest BCUT2D eigenvalue weighted by Gasteiger charge is -2.11. The minimum Gasteiger partial charge on any atom is -0.465 e. The number of tetrazole rings is 1. The fraction of sp³-hybridized carbons (Fsp3) is 0. The molecule has 30 heavy (non-hydrogen) atoms. The van der Waals surface area contributed by atoms with E-state index in [4.69, 9.17) is 4.42 Å². The standard InChI is InChI=1S/C22H16N6O2/c29-22(24-19-10-4-9-18-17(19)11-12-23-18)20(14-16-8-5-13-30-16)28-21(25-26-27-28)15-6-2-1-3-7-15/h1-14,23H,(H,24,29)/b20-14-. The zero-order valence-electron chi connectivity index (χ0n) is 15.7. The topological polar surface area (TPSA) is 102 Å². The van der Waals surface area contributed by atoms with Gasteiger partial charge in [0, 0.05) is 28.7 Å². The summed E-state index contributed by atoms with van der Waals surface area (Å²) in [6, 6.07) is 20.5. The van der Waals surface area contributed by atoms with Crippen molar-refractivity contribution in [1.82, 2.24) is 25.2 Å². The molecule has 0 aliphatic heterocycles. The van der Waals surface area contributed by atoms with E-state index >= 15 is 0 Å². The van der Waals surface area contributed by atoms with E-state index in [1.165, 1.54) is 4.68 Å². The lowest BCUT2D eigenvalue weighted by atomic mass is 10.2. The smallest absolute Gasteiger partial charge is 0.274 e. The zero-order chi connectivity index (χ0) is 20.3. The summed E-state index contributed by atoms with van der Waals surface area (Å²) in [4.78, 5) is 16.5. The van der Waals surface area contributed by atoms with Gasteiger partial charge in [0.25, 0.3) is 5.91 Å². The van der Waals surface area contributed by atoms with E-state index in [0.717, 1.165) is 16.5 Å². The van der Waals surface area contributed by atoms with Crippen molar-refractivity contribution >= 4 is 34.3 Å². The van der Waals surface area contributed by atoms with E-state index in [-0.39, 0.29) is 11.6 Å². The Bertz CT molecular complexity index is 1330. The summed E-state index contributed by atoms with van der Waals surface area (Å²) in [6.45, 7) is 0. The SMILES string of the molecule is O=C(Nc1cccc2[nH]ccc12)/C(=C/c1ccco1)n1nnnc1-c1ccccc1. The number of hydrogen-bond donors (Lipinski definition) is 2. The molecule has 146 valence electrons. The molecule has 0 aliphatic carbocycles. The predicted octanol–water partition coefficient (Wildman–Crippen LogP) is 4.05. The molecule has 1 amide bonds. The normalized spacial score (nSPS) is 11.7. The number of furan rings is 1. The molecule has 0 saturated carbocycles. The first-order chi connectivity index (χ1) is 14.8. The van der Waals surface area contributed by atoms with Gasteiger partial charge in [0.1, 0.15) is 11.5 Å². The Hall–Kier alpha value is -4.46. The maximum atomic E-state index is 13.3. The average Bonchev–Trinajstić information content (AvgIpc) is 3.54. The Morgan fingerprint density at radius 2 is 1.93 bits per heavy atom. The van der Waals surface area contributed by atoms with Gasteiger partial charge in [0.15, 0.2) is 5.82 Å². The quantitative estimate of drug-likeness (QED) is 0.436. The third kappa shape index (κ3) is 3.26. The van der Waals surface area contributed by atoms with Crippen LogP contribution in [0.3, 0.4) is 0 Å². The molecule has 5 rings (SSSR count). The highest BCUT2D eigenvalue weighted by molar-refractivity contribution is 6.25. The van der Waals surface area contributed by atoms with Crippen molar-refractivity contribution in [1.29, 1.82) is 0 Å². The first-order valence-corrected chi connectivity index (χ1v) is 9.26. The summed E-state index contributed by atoms with van der Waals surface area (Å²) >= 11 is 0. The Labute approximate surface area is 170 Å². The number of aromatic nitrogens is 5. The van der Waals surface area contributed by atoms with Crippen LogP contribution in [0, 0.1) is 0 Å². The molecule has 0 unspecified atom stereocenters. The lowest BCUT2D eigenvalue weighted by molar-refractivity contribution is -0.111. The molecule has 0 radical (unpaired) electrons. The minimum atomic E-state index is -0.371. The summed E-state index contributed by atoms with van der Waals surface area (Å²) < 4.78 is 6.83. The summed E-state index contributed by atoms with van der Waals surface area (Å²) in [5, 5.41) is 15.8. The van der Waals surface area contributed by atoms with E-state index in [1.807, 2.05) is 60.8 Å². The molecule has 0 spiro atoms. The zero-order valence-corrected chi connectivity index (χ0v) is 15.7. The highest BCUT2D eigenvalue weighted by atomic mass is 16.3. The van der Waals surface area contributed by atoms with Crippen molar-refractivity contribution in [3.63, 3.8) is 0 Å². The molecule has 0 atom stereocenters. The molecular formula is C22H16N6O2. The van der Waals surface area contributed by atoms with Crippen LogP contribution in [0.25, 0.3) is 34.1 Å². The number of fused-ring (bicyclic) bond motifs is 1. The highest BCUT2D eigenvalue weighted by Crippen LogP contribution is 2.25. The van der Waals surface area contributed by atoms with E-state index in [2.05, 4.69) is 25.8 Å². The average molecular weight is 396 g/mol. The Morgan fingerprint density at radius 1 is 1.03 bits per heavy atom. The molecular weight excluding hydrogens is 380 g/mol. The monoisotopic (exact) mass is 396 g/mol. The summed E-state index contributed by atoms with van der Waals surface area (Å²) in [5.74, 6) is 0.586.